The molecule has 3 heterocycles. The molecular formula is C32H40F3N3O4S. The van der Waals surface area contributed by atoms with Crippen LogP contribution >= 0.6 is 11.8 Å². The summed E-state index contributed by atoms with van der Waals surface area (Å²) in [6.45, 7) is 5.84. The number of aliphatic hydroxyl groups excluding tert-OH is 2. The second-order valence-electron chi connectivity index (χ2n) is 11.6. The lowest BCUT2D eigenvalue weighted by Crippen LogP contribution is -2.43. The molecular weight excluding hydrogens is 579 g/mol. The minimum absolute atomic E-state index is 0.0255. The minimum Gasteiger partial charge on any atom is -0.497 e. The van der Waals surface area contributed by atoms with Crippen molar-refractivity contribution in [3.05, 3.63) is 65.1 Å². The van der Waals surface area contributed by atoms with Crippen LogP contribution in [0.5, 0.6) is 5.75 Å². The van der Waals surface area contributed by atoms with Crippen LogP contribution in [-0.2, 0) is 11.3 Å². The van der Waals surface area contributed by atoms with Crippen molar-refractivity contribution in [3.63, 3.8) is 0 Å². The van der Waals surface area contributed by atoms with Gasteiger partial charge in [-0.05, 0) is 79.6 Å². The molecule has 43 heavy (non-hydrogen) atoms. The lowest BCUT2D eigenvalue weighted by atomic mass is 9.74. The van der Waals surface area contributed by atoms with E-state index in [1.54, 1.807) is 7.11 Å². The van der Waals surface area contributed by atoms with Gasteiger partial charge in [0.2, 0.25) is 0 Å². The maximum atomic E-state index is 14.0. The number of ether oxygens (including phenoxy) is 2. The molecule has 11 heteroatoms. The first kappa shape index (κ1) is 32.0. The lowest BCUT2D eigenvalue weighted by Gasteiger charge is -2.41. The highest BCUT2D eigenvalue weighted by molar-refractivity contribution is 7.99. The Morgan fingerprint density at radius 3 is 2.56 bits per heavy atom. The van der Waals surface area contributed by atoms with Crippen molar-refractivity contribution in [1.29, 1.82) is 0 Å². The van der Waals surface area contributed by atoms with Gasteiger partial charge in [0.1, 0.15) is 11.6 Å². The predicted molar refractivity (Wildman–Crippen MR) is 161 cm³/mol. The Labute approximate surface area is 255 Å². The smallest absolute Gasteiger partial charge is 0.172 e. The number of hydrogen-bond acceptors (Lipinski definition) is 8. The maximum absolute atomic E-state index is 14.0. The molecule has 7 nitrogen and oxygen atoms in total. The molecule has 0 unspecified atom stereocenters. The van der Waals surface area contributed by atoms with Gasteiger partial charge >= 0.3 is 0 Å². The SMILES string of the molecule is COc1ccc2ncc(CN3CCOCC3)c([C@@H](O)CCC3(CO)CCN(CCSc4cc(F)cc(F)c4F)CC3)c2c1. The van der Waals surface area contributed by atoms with Crippen molar-refractivity contribution < 1.29 is 32.9 Å². The van der Waals surface area contributed by atoms with Gasteiger partial charge in [0.15, 0.2) is 11.6 Å². The van der Waals surface area contributed by atoms with Gasteiger partial charge in [-0.2, -0.15) is 0 Å². The molecule has 234 valence electrons. The quantitative estimate of drug-likeness (QED) is 0.212. The number of pyridine rings is 1. The Morgan fingerprint density at radius 2 is 1.84 bits per heavy atom. The minimum atomic E-state index is -1.18. The Morgan fingerprint density at radius 1 is 1.07 bits per heavy atom. The van der Waals surface area contributed by atoms with Crippen molar-refractivity contribution in [2.24, 2.45) is 5.41 Å². The third-order valence-electron chi connectivity index (χ3n) is 8.86. The second kappa shape index (κ2) is 14.6. The van der Waals surface area contributed by atoms with Gasteiger partial charge < -0.3 is 24.6 Å². The second-order valence-corrected chi connectivity index (χ2v) is 12.7. The fourth-order valence-corrected chi connectivity index (χ4v) is 7.12. The van der Waals surface area contributed by atoms with Crippen molar-refractivity contribution in [2.75, 3.05) is 65.4 Å². The third-order valence-corrected chi connectivity index (χ3v) is 9.85. The number of morpholine rings is 1. The number of methoxy groups -OCH3 is 1. The first-order valence-corrected chi connectivity index (χ1v) is 15.8. The van der Waals surface area contributed by atoms with E-state index < -0.39 is 23.6 Å². The third kappa shape index (κ3) is 7.82. The summed E-state index contributed by atoms with van der Waals surface area (Å²) in [6.07, 6.45) is 3.79. The normalized spacial score (nSPS) is 18.7. The Bertz CT molecular complexity index is 1380. The molecule has 0 bridgehead atoms. The molecule has 2 aliphatic rings. The van der Waals surface area contributed by atoms with Crippen LogP contribution in [-0.4, -0.2) is 90.4 Å². The summed E-state index contributed by atoms with van der Waals surface area (Å²) in [7, 11) is 1.62. The van der Waals surface area contributed by atoms with Crippen LogP contribution in [0.1, 0.15) is 42.9 Å². The predicted octanol–water partition coefficient (Wildman–Crippen LogP) is 5.17. The number of piperidine rings is 1. The summed E-state index contributed by atoms with van der Waals surface area (Å²) in [5.74, 6) is -1.79. The summed E-state index contributed by atoms with van der Waals surface area (Å²) in [4.78, 5) is 9.20. The molecule has 0 radical (unpaired) electrons. The van der Waals surface area contributed by atoms with Crippen LogP contribution in [0.3, 0.4) is 0 Å². The first-order chi connectivity index (χ1) is 20.8. The van der Waals surface area contributed by atoms with Crippen LogP contribution in [0.25, 0.3) is 10.9 Å². The van der Waals surface area contributed by atoms with E-state index in [-0.39, 0.29) is 16.9 Å². The number of rotatable bonds is 12. The summed E-state index contributed by atoms with van der Waals surface area (Å²) >= 11 is 1.10. The molecule has 2 saturated heterocycles. The monoisotopic (exact) mass is 619 g/mol. The van der Waals surface area contributed by atoms with Gasteiger partial charge in [0, 0.05) is 61.1 Å². The molecule has 2 aromatic carbocycles. The highest BCUT2D eigenvalue weighted by Gasteiger charge is 2.35. The average molecular weight is 620 g/mol. The van der Waals surface area contributed by atoms with Crippen molar-refractivity contribution in [1.82, 2.24) is 14.8 Å². The fourth-order valence-electron chi connectivity index (χ4n) is 6.13. The molecule has 3 aromatic rings. The number of benzene rings is 2. The molecule has 0 spiro atoms. The van der Waals surface area contributed by atoms with E-state index in [0.717, 1.165) is 78.9 Å². The number of nitrogens with zero attached hydrogens (tertiary/aromatic N) is 3. The van der Waals surface area contributed by atoms with Crippen molar-refractivity contribution >= 4 is 22.7 Å². The molecule has 1 atom stereocenters. The van der Waals surface area contributed by atoms with Crippen LogP contribution in [0.4, 0.5) is 13.2 Å². The van der Waals surface area contributed by atoms with E-state index in [0.29, 0.717) is 56.7 Å². The van der Waals surface area contributed by atoms with Gasteiger partial charge in [-0.15, -0.1) is 11.8 Å². The number of aromatic nitrogens is 1. The van der Waals surface area contributed by atoms with Crippen LogP contribution < -0.4 is 4.74 Å². The average Bonchev–Trinajstić information content (AvgIpc) is 3.03. The molecule has 0 aliphatic carbocycles. The summed E-state index contributed by atoms with van der Waals surface area (Å²) < 4.78 is 52.0. The van der Waals surface area contributed by atoms with E-state index in [9.17, 15) is 23.4 Å². The molecule has 5 rings (SSSR count). The number of aliphatic hydroxyl groups is 2. The zero-order valence-corrected chi connectivity index (χ0v) is 25.4. The van der Waals surface area contributed by atoms with E-state index in [2.05, 4.69) is 14.8 Å². The largest absolute Gasteiger partial charge is 0.497 e. The number of halogens is 3. The Kier molecular flexibility index (Phi) is 10.8. The standard InChI is InChI=1S/C32H40F3N3O4S/c1-41-24-2-3-27-25(18-24)30(22(19-36-27)20-38-10-13-42-14-11-38)28(40)4-5-32(21-39)6-8-37(9-7-32)12-15-43-29-17-23(33)16-26(34)31(29)35/h2-3,16-19,28,39-40H,4-15,20-21H2,1H3/t28-/m0/s1. The molecule has 1 aromatic heterocycles. The number of likely N-dealkylation sites (tertiary alicyclic amines) is 1. The molecule has 2 aliphatic heterocycles. The van der Waals surface area contributed by atoms with Crippen molar-refractivity contribution in [3.8, 4) is 5.75 Å². The van der Waals surface area contributed by atoms with Crippen LogP contribution in [0.2, 0.25) is 0 Å². The number of fused-ring (bicyclic) bond motifs is 1. The van der Waals surface area contributed by atoms with Crippen LogP contribution in [0.15, 0.2) is 41.4 Å². The van der Waals surface area contributed by atoms with E-state index >= 15 is 0 Å². The van der Waals surface area contributed by atoms with Crippen molar-refractivity contribution in [2.45, 2.75) is 43.2 Å². The van der Waals surface area contributed by atoms with Crippen LogP contribution in [0, 0.1) is 22.9 Å². The van der Waals surface area contributed by atoms with Gasteiger partial charge in [-0.1, -0.05) is 0 Å². The Balaban J connectivity index is 1.22. The zero-order chi connectivity index (χ0) is 30.4. The lowest BCUT2D eigenvalue weighted by molar-refractivity contribution is 0.0245. The summed E-state index contributed by atoms with van der Waals surface area (Å²) in [5.41, 5.74) is 2.33. The molecule has 2 N–H and O–H groups in total. The van der Waals surface area contributed by atoms with E-state index in [4.69, 9.17) is 9.47 Å². The topological polar surface area (TPSA) is 78.3 Å². The van der Waals surface area contributed by atoms with Gasteiger partial charge in [-0.3, -0.25) is 9.88 Å². The van der Waals surface area contributed by atoms with Gasteiger partial charge in [-0.25, -0.2) is 13.2 Å². The molecule has 0 saturated carbocycles. The maximum Gasteiger partial charge on any atom is 0.172 e. The summed E-state index contributed by atoms with van der Waals surface area (Å²) in [5, 5.41) is 23.0. The fraction of sp³-hybridized carbons (Fsp3) is 0.531. The number of hydrogen-bond donors (Lipinski definition) is 2. The van der Waals surface area contributed by atoms with Gasteiger partial charge in [0.25, 0.3) is 0 Å². The number of thioether (sulfide) groups is 1. The molecule has 2 fully saturated rings. The summed E-state index contributed by atoms with van der Waals surface area (Å²) in [6, 6.07) is 7.29. The Hall–Kier alpha value is -2.41. The van der Waals surface area contributed by atoms with E-state index in [1.165, 1.54) is 0 Å². The highest BCUT2D eigenvalue weighted by Crippen LogP contribution is 2.40. The highest BCUT2D eigenvalue weighted by atomic mass is 32.2. The molecule has 0 amide bonds. The first-order valence-electron chi connectivity index (χ1n) is 14.8. The van der Waals surface area contributed by atoms with E-state index in [1.807, 2.05) is 24.4 Å². The zero-order valence-electron chi connectivity index (χ0n) is 24.5. The van der Waals surface area contributed by atoms with Gasteiger partial charge in [0.05, 0.1) is 31.9 Å².